The molecule has 1 fully saturated rings. The topological polar surface area (TPSA) is 102 Å². The summed E-state index contributed by atoms with van der Waals surface area (Å²) in [6.45, 7) is 1.22. The first kappa shape index (κ1) is 18.1. The zero-order chi connectivity index (χ0) is 18.7. The van der Waals surface area contributed by atoms with Crippen LogP contribution in [0.5, 0.6) is 5.75 Å². The first-order chi connectivity index (χ1) is 12.4. The minimum atomic E-state index is -3.71. The Bertz CT molecular complexity index is 969. The Morgan fingerprint density at radius 3 is 2.65 bits per heavy atom. The van der Waals surface area contributed by atoms with Gasteiger partial charge in [0.25, 0.3) is 0 Å². The van der Waals surface area contributed by atoms with Crippen LogP contribution in [0.1, 0.15) is 16.1 Å². The summed E-state index contributed by atoms with van der Waals surface area (Å²) in [5.41, 5.74) is 0.292. The van der Waals surface area contributed by atoms with Crippen molar-refractivity contribution in [2.45, 2.75) is 4.90 Å². The lowest BCUT2D eigenvalue weighted by molar-refractivity contribution is 0.0723. The molecule has 3 rings (SSSR count). The molecule has 1 aromatic carbocycles. The number of morpholine rings is 1. The summed E-state index contributed by atoms with van der Waals surface area (Å²) in [4.78, 5) is 12.5. The molecular weight excluding hydrogens is 358 g/mol. The third-order valence-electron chi connectivity index (χ3n) is 4.01. The molecule has 0 atom stereocenters. The van der Waals surface area contributed by atoms with E-state index >= 15 is 0 Å². The molecular formula is C17H17N3O5S. The highest BCUT2D eigenvalue weighted by Gasteiger charge is 2.29. The van der Waals surface area contributed by atoms with E-state index in [0.717, 1.165) is 0 Å². The predicted octanol–water partition coefficient (Wildman–Crippen LogP) is 1.14. The minimum absolute atomic E-state index is 0.0161. The Morgan fingerprint density at radius 2 is 1.96 bits per heavy atom. The van der Waals surface area contributed by atoms with Gasteiger partial charge in [0.15, 0.2) is 0 Å². The number of aryl methyl sites for hydroxylation is 1. The number of aromatic nitrogens is 1. The van der Waals surface area contributed by atoms with Gasteiger partial charge in [-0.3, -0.25) is 0 Å². The number of hydrogen-bond acceptors (Lipinski definition) is 6. The van der Waals surface area contributed by atoms with Crippen molar-refractivity contribution in [1.82, 2.24) is 8.87 Å². The van der Waals surface area contributed by atoms with E-state index in [1.165, 1.54) is 33.3 Å². The molecule has 0 radical (unpaired) electrons. The summed E-state index contributed by atoms with van der Waals surface area (Å²) in [6.07, 6.45) is 1.37. The average molecular weight is 375 g/mol. The maximum Gasteiger partial charge on any atom is 0.360 e. The summed E-state index contributed by atoms with van der Waals surface area (Å²) in [5.74, 6) is -0.614. The number of nitrogens with zero attached hydrogens (tertiary/aromatic N) is 3. The summed E-state index contributed by atoms with van der Waals surface area (Å²) in [5, 5.41) is 9.07. The fraction of sp³-hybridized carbons (Fsp3) is 0.294. The smallest absolute Gasteiger partial charge is 0.360 e. The molecule has 0 spiro atoms. The summed E-state index contributed by atoms with van der Waals surface area (Å²) in [6, 6.07) is 9.56. The van der Waals surface area contributed by atoms with Gasteiger partial charge >= 0.3 is 5.97 Å². The largest absolute Gasteiger partial charge is 0.420 e. The zero-order valence-corrected chi connectivity index (χ0v) is 14.9. The normalized spacial score (nSPS) is 15.4. The lowest BCUT2D eigenvalue weighted by atomic mass is 10.2. The number of sulfonamides is 1. The van der Waals surface area contributed by atoms with Crippen LogP contribution in [-0.2, 0) is 21.8 Å². The maximum atomic E-state index is 12.7. The maximum absolute atomic E-state index is 12.7. The predicted molar refractivity (Wildman–Crippen MR) is 91.1 cm³/mol. The number of benzene rings is 1. The lowest BCUT2D eigenvalue weighted by Gasteiger charge is -2.25. The fourth-order valence-electron chi connectivity index (χ4n) is 2.61. The van der Waals surface area contributed by atoms with E-state index in [-0.39, 0.29) is 35.0 Å². The molecule has 8 nitrogen and oxygen atoms in total. The molecule has 1 aliphatic heterocycles. The number of esters is 1. The SMILES string of the molecule is Cn1cc(S(=O)(=O)N2CCOCC2)cc1C(=O)Oc1ccccc1C#N. The van der Waals surface area contributed by atoms with Crippen LogP contribution in [-0.4, -0.2) is 49.6 Å². The molecule has 0 bridgehead atoms. The van der Waals surface area contributed by atoms with Crippen molar-refractivity contribution in [2.75, 3.05) is 26.3 Å². The van der Waals surface area contributed by atoms with Crippen molar-refractivity contribution in [3.05, 3.63) is 47.8 Å². The molecule has 1 saturated heterocycles. The van der Waals surface area contributed by atoms with Gasteiger partial charge in [-0.25, -0.2) is 13.2 Å². The first-order valence-corrected chi connectivity index (χ1v) is 9.33. The molecule has 0 saturated carbocycles. The summed E-state index contributed by atoms with van der Waals surface area (Å²) in [7, 11) is -2.15. The number of para-hydroxylation sites is 1. The van der Waals surface area contributed by atoms with E-state index in [0.29, 0.717) is 13.2 Å². The second-order valence-electron chi connectivity index (χ2n) is 5.69. The molecule has 0 N–H and O–H groups in total. The van der Waals surface area contributed by atoms with Gasteiger partial charge in [0.1, 0.15) is 22.4 Å². The molecule has 1 aromatic heterocycles. The molecule has 0 unspecified atom stereocenters. The number of carbonyl (C=O) groups is 1. The van der Waals surface area contributed by atoms with Gasteiger partial charge in [-0.2, -0.15) is 9.57 Å². The van der Waals surface area contributed by atoms with Gasteiger partial charge in [0, 0.05) is 26.3 Å². The summed E-state index contributed by atoms with van der Waals surface area (Å²) >= 11 is 0. The van der Waals surface area contributed by atoms with E-state index in [4.69, 9.17) is 14.7 Å². The van der Waals surface area contributed by atoms with Gasteiger partial charge in [0.05, 0.1) is 18.8 Å². The standard InChI is InChI=1S/C17H17N3O5S/c1-19-12-14(26(22,23)20-6-8-24-9-7-20)10-15(19)17(21)25-16-5-3-2-4-13(16)11-18/h2-5,10,12H,6-9H2,1H3. The van der Waals surface area contributed by atoms with Crippen LogP contribution in [0.4, 0.5) is 0 Å². The number of nitriles is 1. The first-order valence-electron chi connectivity index (χ1n) is 7.89. The molecule has 1 aliphatic rings. The van der Waals surface area contributed by atoms with Gasteiger partial charge in [-0.15, -0.1) is 0 Å². The van der Waals surface area contributed by atoms with Crippen molar-refractivity contribution in [2.24, 2.45) is 7.05 Å². The molecule has 26 heavy (non-hydrogen) atoms. The Labute approximate surface area is 151 Å². The monoisotopic (exact) mass is 375 g/mol. The van der Waals surface area contributed by atoms with Crippen molar-refractivity contribution in [1.29, 1.82) is 5.26 Å². The van der Waals surface area contributed by atoms with Crippen molar-refractivity contribution in [3.8, 4) is 11.8 Å². The van der Waals surface area contributed by atoms with Gasteiger partial charge in [-0.1, -0.05) is 12.1 Å². The highest BCUT2D eigenvalue weighted by Crippen LogP contribution is 2.22. The molecule has 136 valence electrons. The van der Waals surface area contributed by atoms with Crippen LogP contribution in [0.2, 0.25) is 0 Å². The number of rotatable bonds is 4. The van der Waals surface area contributed by atoms with Crippen molar-refractivity contribution in [3.63, 3.8) is 0 Å². The van der Waals surface area contributed by atoms with E-state index in [1.807, 2.05) is 6.07 Å². The molecule has 2 heterocycles. The second kappa shape index (κ2) is 7.29. The van der Waals surface area contributed by atoms with Crippen molar-refractivity contribution < 1.29 is 22.7 Å². The van der Waals surface area contributed by atoms with E-state index in [2.05, 4.69) is 0 Å². The summed E-state index contributed by atoms with van der Waals surface area (Å²) < 4.78 is 38.5. The number of ether oxygens (including phenoxy) is 2. The highest BCUT2D eigenvalue weighted by molar-refractivity contribution is 7.89. The van der Waals surface area contributed by atoms with E-state index < -0.39 is 16.0 Å². The fourth-order valence-corrected chi connectivity index (χ4v) is 4.09. The molecule has 2 aromatic rings. The van der Waals surface area contributed by atoms with Crippen LogP contribution in [0.25, 0.3) is 0 Å². The zero-order valence-electron chi connectivity index (χ0n) is 14.1. The Morgan fingerprint density at radius 1 is 1.27 bits per heavy atom. The third-order valence-corrected chi connectivity index (χ3v) is 5.87. The van der Waals surface area contributed by atoms with Crippen LogP contribution in [0, 0.1) is 11.3 Å². The van der Waals surface area contributed by atoms with Gasteiger partial charge in [-0.05, 0) is 18.2 Å². The van der Waals surface area contributed by atoms with E-state index in [9.17, 15) is 13.2 Å². The third kappa shape index (κ3) is 3.48. The molecule has 9 heteroatoms. The Hall–Kier alpha value is -2.67. The quantitative estimate of drug-likeness (QED) is 0.587. The van der Waals surface area contributed by atoms with Gasteiger partial charge in [0.2, 0.25) is 10.0 Å². The molecule has 0 aliphatic carbocycles. The second-order valence-corrected chi connectivity index (χ2v) is 7.62. The van der Waals surface area contributed by atoms with E-state index in [1.54, 1.807) is 19.2 Å². The molecule has 0 amide bonds. The van der Waals surface area contributed by atoms with Crippen LogP contribution < -0.4 is 4.74 Å². The number of carbonyl (C=O) groups excluding carboxylic acids is 1. The Balaban J connectivity index is 1.86. The van der Waals surface area contributed by atoms with Crippen LogP contribution in [0.3, 0.4) is 0 Å². The lowest BCUT2D eigenvalue weighted by Crippen LogP contribution is -2.40. The van der Waals surface area contributed by atoms with Crippen LogP contribution >= 0.6 is 0 Å². The van der Waals surface area contributed by atoms with Gasteiger partial charge < -0.3 is 14.0 Å². The minimum Gasteiger partial charge on any atom is -0.420 e. The van der Waals surface area contributed by atoms with Crippen LogP contribution in [0.15, 0.2) is 41.4 Å². The average Bonchev–Trinajstić information content (AvgIpc) is 3.05. The Kier molecular flexibility index (Phi) is 5.08. The van der Waals surface area contributed by atoms with Crippen molar-refractivity contribution >= 4 is 16.0 Å². The highest BCUT2D eigenvalue weighted by atomic mass is 32.2. The number of hydrogen-bond donors (Lipinski definition) is 0.